The van der Waals surface area contributed by atoms with Crippen LogP contribution in [0.4, 0.5) is 0 Å². The van der Waals surface area contributed by atoms with E-state index in [1.54, 1.807) is 0 Å². The van der Waals surface area contributed by atoms with Gasteiger partial charge in [-0.25, -0.2) is 0 Å². The van der Waals surface area contributed by atoms with Crippen molar-refractivity contribution in [3.63, 3.8) is 0 Å². The maximum absolute atomic E-state index is 12.6. The van der Waals surface area contributed by atoms with Crippen molar-refractivity contribution < 1.29 is 28.8 Å². The number of aliphatic hydroxyl groups is 1. The lowest BCUT2D eigenvalue weighted by Crippen LogP contribution is -2.65. The van der Waals surface area contributed by atoms with Gasteiger partial charge in [0.2, 0.25) is 5.79 Å². The number of rotatable bonds is 14. The van der Waals surface area contributed by atoms with Crippen LogP contribution in [-0.4, -0.2) is 36.1 Å². The van der Waals surface area contributed by atoms with Crippen molar-refractivity contribution in [1.29, 1.82) is 0 Å². The van der Waals surface area contributed by atoms with Gasteiger partial charge in [0.05, 0.1) is 33.0 Å². The molecule has 6 heteroatoms. The summed E-state index contributed by atoms with van der Waals surface area (Å²) in [4.78, 5) is 0. The minimum Gasteiger partial charge on any atom is -0.374 e. The van der Waals surface area contributed by atoms with Crippen LogP contribution in [0.2, 0.25) is 0 Å². The van der Waals surface area contributed by atoms with Crippen LogP contribution >= 0.6 is 0 Å². The monoisotopic (exact) mass is 616 g/mol. The molecule has 46 heavy (non-hydrogen) atoms. The van der Waals surface area contributed by atoms with E-state index in [2.05, 4.69) is 0 Å². The average molecular weight is 617 g/mol. The summed E-state index contributed by atoms with van der Waals surface area (Å²) in [7, 11) is 0. The zero-order valence-electron chi connectivity index (χ0n) is 25.8. The average Bonchev–Trinajstić information content (AvgIpc) is 3.12. The number of ether oxygens (including phenoxy) is 5. The zero-order valence-corrected chi connectivity index (χ0v) is 25.8. The van der Waals surface area contributed by atoms with Crippen molar-refractivity contribution in [3.05, 3.63) is 179 Å². The lowest BCUT2D eigenvalue weighted by molar-refractivity contribution is -0.378. The summed E-state index contributed by atoms with van der Waals surface area (Å²) in [6.45, 7) is 1.42. The molecule has 1 aliphatic heterocycles. The molecule has 5 aromatic carbocycles. The van der Waals surface area contributed by atoms with Gasteiger partial charge in [-0.3, -0.25) is 0 Å². The minimum atomic E-state index is -1.86. The maximum atomic E-state index is 12.6. The van der Waals surface area contributed by atoms with E-state index in [0.29, 0.717) is 25.4 Å². The van der Waals surface area contributed by atoms with Crippen LogP contribution in [0.5, 0.6) is 0 Å². The van der Waals surface area contributed by atoms with Crippen LogP contribution in [0.1, 0.15) is 27.8 Å². The minimum absolute atomic E-state index is 0.167. The van der Waals surface area contributed by atoms with Gasteiger partial charge in [0.25, 0.3) is 0 Å². The van der Waals surface area contributed by atoms with Crippen LogP contribution < -0.4 is 0 Å². The molecule has 236 valence electrons. The highest BCUT2D eigenvalue weighted by molar-refractivity contribution is 5.25. The molecule has 0 aliphatic carbocycles. The molecule has 0 unspecified atom stereocenters. The molecular weight excluding hydrogens is 576 g/mol. The van der Waals surface area contributed by atoms with E-state index in [9.17, 15) is 5.11 Å². The first-order chi connectivity index (χ1) is 22.7. The van der Waals surface area contributed by atoms with Crippen molar-refractivity contribution in [2.45, 2.75) is 56.6 Å². The van der Waals surface area contributed by atoms with Crippen molar-refractivity contribution in [3.8, 4) is 0 Å². The summed E-state index contributed by atoms with van der Waals surface area (Å²) in [6.07, 6.45) is -2.98. The second-order valence-corrected chi connectivity index (χ2v) is 11.5. The first kappa shape index (κ1) is 31.8. The molecule has 6 nitrogen and oxygen atoms in total. The Kier molecular flexibility index (Phi) is 11.0. The molecule has 0 radical (unpaired) electrons. The summed E-state index contributed by atoms with van der Waals surface area (Å²) in [5, 5.41) is 12.6. The van der Waals surface area contributed by atoms with E-state index in [-0.39, 0.29) is 13.2 Å². The third-order valence-corrected chi connectivity index (χ3v) is 8.13. The predicted molar refractivity (Wildman–Crippen MR) is 176 cm³/mol. The van der Waals surface area contributed by atoms with E-state index < -0.39 is 30.2 Å². The van der Waals surface area contributed by atoms with Gasteiger partial charge in [0, 0.05) is 5.56 Å². The normalized spacial score (nSPS) is 22.8. The molecular formula is C40H40O6. The van der Waals surface area contributed by atoms with E-state index in [4.69, 9.17) is 23.7 Å². The fraction of sp³-hybridized carbons (Fsp3) is 0.250. The highest BCUT2D eigenvalue weighted by Crippen LogP contribution is 2.41. The fourth-order valence-electron chi connectivity index (χ4n) is 5.76. The van der Waals surface area contributed by atoms with Gasteiger partial charge < -0.3 is 28.8 Å². The van der Waals surface area contributed by atoms with Crippen LogP contribution in [0.25, 0.3) is 0 Å². The molecule has 0 spiro atoms. The third-order valence-electron chi connectivity index (χ3n) is 8.13. The first-order valence-electron chi connectivity index (χ1n) is 15.7. The Morgan fingerprint density at radius 1 is 0.478 bits per heavy atom. The molecule has 0 saturated carbocycles. The van der Waals surface area contributed by atoms with Gasteiger partial charge in [0.15, 0.2) is 0 Å². The van der Waals surface area contributed by atoms with Crippen LogP contribution in [0.15, 0.2) is 152 Å². The third kappa shape index (κ3) is 8.17. The van der Waals surface area contributed by atoms with Gasteiger partial charge in [0.1, 0.15) is 24.4 Å². The summed E-state index contributed by atoms with van der Waals surface area (Å²) < 4.78 is 33.0. The van der Waals surface area contributed by atoms with Crippen molar-refractivity contribution in [2.75, 3.05) is 6.61 Å². The molecule has 1 aliphatic rings. The largest absolute Gasteiger partial charge is 0.374 e. The van der Waals surface area contributed by atoms with Gasteiger partial charge >= 0.3 is 0 Å². The lowest BCUT2D eigenvalue weighted by atomic mass is 9.87. The SMILES string of the molecule is O[C@@]1(c2ccccc2)O[C@H](COCc2ccccc2)[C@@H](OCc2ccccc2)[C@H](OCc2ccccc2)[C@H]1OCc1ccccc1. The summed E-state index contributed by atoms with van der Waals surface area (Å²) in [6, 6.07) is 49.2. The summed E-state index contributed by atoms with van der Waals surface area (Å²) in [5.41, 5.74) is 4.58. The van der Waals surface area contributed by atoms with Crippen LogP contribution in [0, 0.1) is 0 Å². The fourth-order valence-corrected chi connectivity index (χ4v) is 5.76. The lowest BCUT2D eigenvalue weighted by Gasteiger charge is -2.50. The quantitative estimate of drug-likeness (QED) is 0.142. The van der Waals surface area contributed by atoms with Gasteiger partial charge in [-0.2, -0.15) is 0 Å². The van der Waals surface area contributed by atoms with Gasteiger partial charge in [-0.1, -0.05) is 152 Å². The molecule has 0 amide bonds. The standard InChI is InChI=1S/C40H40O6/c41-40(35-24-14-5-15-25-35)39(45-29-34-22-12-4-13-23-34)38(44-28-33-20-10-3-11-21-33)37(43-27-32-18-8-2-9-19-32)36(46-40)30-42-26-31-16-6-1-7-17-31/h1-25,36-39,41H,26-30H2/t36-,37-,38+,39-,40+/m1/s1. The van der Waals surface area contributed by atoms with Gasteiger partial charge in [-0.05, 0) is 22.3 Å². The number of hydrogen-bond acceptors (Lipinski definition) is 6. The molecule has 0 aromatic heterocycles. The van der Waals surface area contributed by atoms with E-state index in [0.717, 1.165) is 22.3 Å². The predicted octanol–water partition coefficient (Wildman–Crippen LogP) is 7.20. The van der Waals surface area contributed by atoms with E-state index in [1.165, 1.54) is 0 Å². The van der Waals surface area contributed by atoms with Crippen LogP contribution in [0.3, 0.4) is 0 Å². The molecule has 1 heterocycles. The molecule has 5 aromatic rings. The van der Waals surface area contributed by atoms with Crippen LogP contribution in [-0.2, 0) is 55.9 Å². The van der Waals surface area contributed by atoms with Crippen molar-refractivity contribution in [2.24, 2.45) is 0 Å². The molecule has 1 N–H and O–H groups in total. The smallest absolute Gasteiger partial charge is 0.222 e. The Labute approximate surface area is 271 Å². The molecule has 1 saturated heterocycles. The highest BCUT2D eigenvalue weighted by Gasteiger charge is 2.57. The Bertz CT molecular complexity index is 1570. The summed E-state index contributed by atoms with van der Waals surface area (Å²) in [5.74, 6) is -1.86. The van der Waals surface area contributed by atoms with Gasteiger partial charge in [-0.15, -0.1) is 0 Å². The Morgan fingerprint density at radius 2 is 0.870 bits per heavy atom. The molecule has 5 atom stereocenters. The maximum Gasteiger partial charge on any atom is 0.222 e. The second-order valence-electron chi connectivity index (χ2n) is 11.5. The zero-order chi connectivity index (χ0) is 31.4. The Balaban J connectivity index is 1.36. The second kappa shape index (κ2) is 15.9. The number of benzene rings is 5. The highest BCUT2D eigenvalue weighted by atomic mass is 16.7. The molecule has 0 bridgehead atoms. The van der Waals surface area contributed by atoms with E-state index >= 15 is 0 Å². The van der Waals surface area contributed by atoms with Crippen molar-refractivity contribution >= 4 is 0 Å². The summed E-state index contributed by atoms with van der Waals surface area (Å²) >= 11 is 0. The Hall–Kier alpha value is -4.14. The number of hydrogen-bond donors (Lipinski definition) is 1. The van der Waals surface area contributed by atoms with Crippen molar-refractivity contribution in [1.82, 2.24) is 0 Å². The molecule has 6 rings (SSSR count). The first-order valence-corrected chi connectivity index (χ1v) is 15.7. The van der Waals surface area contributed by atoms with E-state index in [1.807, 2.05) is 152 Å². The molecule has 1 fully saturated rings. The topological polar surface area (TPSA) is 66.4 Å². The Morgan fingerprint density at radius 3 is 1.35 bits per heavy atom.